The first-order valence-electron chi connectivity index (χ1n) is 10.6. The Morgan fingerprint density at radius 2 is 1.87 bits per heavy atom. The summed E-state index contributed by atoms with van der Waals surface area (Å²) in [5, 5.41) is 11.4. The van der Waals surface area contributed by atoms with E-state index >= 15 is 0 Å². The molecule has 1 aromatic carbocycles. The van der Waals surface area contributed by atoms with Gasteiger partial charge in [-0.2, -0.15) is 5.10 Å². The van der Waals surface area contributed by atoms with Crippen molar-refractivity contribution in [1.82, 2.24) is 25.4 Å². The van der Waals surface area contributed by atoms with Crippen LogP contribution >= 0.6 is 24.0 Å². The molecule has 6 nitrogen and oxygen atoms in total. The number of hydrogen-bond acceptors (Lipinski definition) is 3. The Morgan fingerprint density at radius 1 is 1.10 bits per heavy atom. The third kappa shape index (κ3) is 5.26. The van der Waals surface area contributed by atoms with Gasteiger partial charge in [-0.05, 0) is 49.9 Å². The minimum atomic E-state index is 0. The summed E-state index contributed by atoms with van der Waals surface area (Å²) in [5.74, 6) is 1.65. The SMILES string of the molecule is CN=C(NCc1ccc(-n2nc(C)cc2C)nc1)NCC1(c2ccccc2)CCC1.I. The molecule has 0 bridgehead atoms. The van der Waals surface area contributed by atoms with Gasteiger partial charge in [0.2, 0.25) is 0 Å². The van der Waals surface area contributed by atoms with E-state index < -0.39 is 0 Å². The highest BCUT2D eigenvalue weighted by Gasteiger charge is 2.38. The second-order valence-electron chi connectivity index (χ2n) is 8.14. The van der Waals surface area contributed by atoms with Gasteiger partial charge in [0, 0.05) is 37.4 Å². The van der Waals surface area contributed by atoms with Crippen molar-refractivity contribution in [3.63, 3.8) is 0 Å². The lowest BCUT2D eigenvalue weighted by atomic mass is 9.64. The summed E-state index contributed by atoms with van der Waals surface area (Å²) in [7, 11) is 1.81. The summed E-state index contributed by atoms with van der Waals surface area (Å²) in [6, 6.07) is 17.0. The van der Waals surface area contributed by atoms with Crippen LogP contribution in [0.2, 0.25) is 0 Å². The molecule has 3 aromatic rings. The summed E-state index contributed by atoms with van der Waals surface area (Å²) in [4.78, 5) is 8.97. The number of rotatable bonds is 6. The van der Waals surface area contributed by atoms with Crippen LogP contribution in [-0.4, -0.2) is 34.3 Å². The maximum atomic E-state index is 4.57. The molecule has 1 fully saturated rings. The second-order valence-corrected chi connectivity index (χ2v) is 8.14. The Bertz CT molecular complexity index is 1010. The first-order valence-corrected chi connectivity index (χ1v) is 10.6. The molecular formula is C24H31IN6. The number of hydrogen-bond donors (Lipinski definition) is 2. The van der Waals surface area contributed by atoms with E-state index in [0.29, 0.717) is 6.54 Å². The molecule has 2 aromatic heterocycles. The topological polar surface area (TPSA) is 67.1 Å². The molecule has 0 saturated heterocycles. The van der Waals surface area contributed by atoms with E-state index in [4.69, 9.17) is 0 Å². The number of guanidine groups is 1. The van der Waals surface area contributed by atoms with Crippen LogP contribution in [0.5, 0.6) is 0 Å². The highest BCUT2D eigenvalue weighted by Crippen LogP contribution is 2.43. The van der Waals surface area contributed by atoms with Crippen LogP contribution in [0.1, 0.15) is 41.8 Å². The van der Waals surface area contributed by atoms with Crippen molar-refractivity contribution in [3.05, 3.63) is 77.2 Å². The predicted octanol–water partition coefficient (Wildman–Crippen LogP) is 4.29. The smallest absolute Gasteiger partial charge is 0.191 e. The highest BCUT2D eigenvalue weighted by molar-refractivity contribution is 14.0. The molecule has 1 aliphatic rings. The van der Waals surface area contributed by atoms with Gasteiger partial charge in [-0.15, -0.1) is 24.0 Å². The second kappa shape index (κ2) is 10.3. The number of aromatic nitrogens is 3. The molecule has 0 spiro atoms. The minimum absolute atomic E-state index is 0. The van der Waals surface area contributed by atoms with Crippen molar-refractivity contribution in [2.45, 2.75) is 45.1 Å². The molecule has 2 heterocycles. The van der Waals surface area contributed by atoms with Gasteiger partial charge in [-0.3, -0.25) is 4.99 Å². The molecule has 7 heteroatoms. The fourth-order valence-corrected chi connectivity index (χ4v) is 4.13. The molecular weight excluding hydrogens is 499 g/mol. The summed E-state index contributed by atoms with van der Waals surface area (Å²) in [6.45, 7) is 5.59. The van der Waals surface area contributed by atoms with E-state index in [2.05, 4.69) is 68.2 Å². The number of aryl methyl sites for hydroxylation is 2. The van der Waals surface area contributed by atoms with Gasteiger partial charge in [0.1, 0.15) is 0 Å². The van der Waals surface area contributed by atoms with Gasteiger partial charge < -0.3 is 10.6 Å². The van der Waals surface area contributed by atoms with E-state index in [1.807, 2.05) is 37.8 Å². The molecule has 2 N–H and O–H groups in total. The molecule has 0 atom stereocenters. The molecule has 1 aliphatic carbocycles. The molecule has 0 amide bonds. The maximum absolute atomic E-state index is 4.57. The van der Waals surface area contributed by atoms with Crippen molar-refractivity contribution in [2.24, 2.45) is 4.99 Å². The van der Waals surface area contributed by atoms with Crippen LogP contribution in [0.15, 0.2) is 59.7 Å². The molecule has 0 unspecified atom stereocenters. The number of aliphatic imine (C=N–C) groups is 1. The molecule has 31 heavy (non-hydrogen) atoms. The Kier molecular flexibility index (Phi) is 7.69. The van der Waals surface area contributed by atoms with Gasteiger partial charge >= 0.3 is 0 Å². The standard InChI is InChI=1S/C24H30N6.HI/c1-18-14-19(2)30(29-18)22-11-10-20(15-26-22)16-27-23(25-3)28-17-24(12-7-13-24)21-8-5-4-6-9-21;/h4-6,8-11,14-15H,7,12-13,16-17H2,1-3H3,(H2,25,27,28);1H. The van der Waals surface area contributed by atoms with Crippen molar-refractivity contribution in [1.29, 1.82) is 0 Å². The number of nitrogens with one attached hydrogen (secondary N) is 2. The summed E-state index contributed by atoms with van der Waals surface area (Å²) >= 11 is 0. The zero-order valence-electron chi connectivity index (χ0n) is 18.4. The molecule has 4 rings (SSSR count). The van der Waals surface area contributed by atoms with E-state index in [1.165, 1.54) is 24.8 Å². The van der Waals surface area contributed by atoms with Crippen LogP contribution in [0.4, 0.5) is 0 Å². The average Bonchev–Trinajstić information content (AvgIpc) is 3.08. The van der Waals surface area contributed by atoms with Crippen LogP contribution in [0.25, 0.3) is 5.82 Å². The van der Waals surface area contributed by atoms with Crippen molar-refractivity contribution < 1.29 is 0 Å². The van der Waals surface area contributed by atoms with E-state index in [1.54, 1.807) is 0 Å². The van der Waals surface area contributed by atoms with Crippen molar-refractivity contribution in [2.75, 3.05) is 13.6 Å². The van der Waals surface area contributed by atoms with Crippen LogP contribution in [0, 0.1) is 13.8 Å². The van der Waals surface area contributed by atoms with Gasteiger partial charge in [0.15, 0.2) is 11.8 Å². The van der Waals surface area contributed by atoms with E-state index in [-0.39, 0.29) is 29.4 Å². The first kappa shape index (κ1) is 23.2. The fourth-order valence-electron chi connectivity index (χ4n) is 4.13. The fraction of sp³-hybridized carbons (Fsp3) is 0.375. The minimum Gasteiger partial charge on any atom is -0.356 e. The van der Waals surface area contributed by atoms with Gasteiger partial charge in [-0.1, -0.05) is 42.8 Å². The van der Waals surface area contributed by atoms with Gasteiger partial charge in [0.05, 0.1) is 5.69 Å². The van der Waals surface area contributed by atoms with Crippen LogP contribution in [0.3, 0.4) is 0 Å². The summed E-state index contributed by atoms with van der Waals surface area (Å²) in [5.41, 5.74) is 4.82. The number of benzene rings is 1. The average molecular weight is 530 g/mol. The monoisotopic (exact) mass is 530 g/mol. The van der Waals surface area contributed by atoms with E-state index in [0.717, 1.165) is 35.3 Å². The Labute approximate surface area is 201 Å². The lowest BCUT2D eigenvalue weighted by Crippen LogP contribution is -2.48. The Morgan fingerprint density at radius 3 is 2.42 bits per heavy atom. The van der Waals surface area contributed by atoms with Gasteiger partial charge in [-0.25, -0.2) is 9.67 Å². The van der Waals surface area contributed by atoms with Crippen molar-refractivity contribution in [3.8, 4) is 5.82 Å². The quantitative estimate of drug-likeness (QED) is 0.284. The molecule has 0 radical (unpaired) electrons. The number of halogens is 1. The molecule has 0 aliphatic heterocycles. The predicted molar refractivity (Wildman–Crippen MR) is 136 cm³/mol. The zero-order valence-corrected chi connectivity index (χ0v) is 20.8. The zero-order chi connectivity index (χ0) is 21.0. The van der Waals surface area contributed by atoms with Crippen LogP contribution in [-0.2, 0) is 12.0 Å². The van der Waals surface area contributed by atoms with Crippen LogP contribution < -0.4 is 10.6 Å². The normalized spacial score (nSPS) is 15.0. The first-order chi connectivity index (χ1) is 14.6. The largest absolute Gasteiger partial charge is 0.356 e. The number of pyridine rings is 1. The van der Waals surface area contributed by atoms with Crippen molar-refractivity contribution >= 4 is 29.9 Å². The number of nitrogens with zero attached hydrogens (tertiary/aromatic N) is 4. The molecule has 1 saturated carbocycles. The Balaban J connectivity index is 0.00000272. The highest BCUT2D eigenvalue weighted by atomic mass is 127. The lowest BCUT2D eigenvalue weighted by molar-refractivity contribution is 0.244. The summed E-state index contributed by atoms with van der Waals surface area (Å²) in [6.07, 6.45) is 5.62. The van der Waals surface area contributed by atoms with Gasteiger partial charge in [0.25, 0.3) is 0 Å². The maximum Gasteiger partial charge on any atom is 0.191 e. The summed E-state index contributed by atoms with van der Waals surface area (Å²) < 4.78 is 1.87. The Hall–Kier alpha value is -2.42. The third-order valence-corrected chi connectivity index (χ3v) is 6.01. The molecule has 164 valence electrons. The third-order valence-electron chi connectivity index (χ3n) is 6.01. The van der Waals surface area contributed by atoms with E-state index in [9.17, 15) is 0 Å². The lowest BCUT2D eigenvalue weighted by Gasteiger charge is -2.43.